The van der Waals surface area contributed by atoms with Gasteiger partial charge in [0.1, 0.15) is 12.5 Å². The maximum Gasteiger partial charge on any atom is 0.119 e. The van der Waals surface area contributed by atoms with Crippen LogP contribution >= 0.6 is 0 Å². The van der Waals surface area contributed by atoms with Gasteiger partial charge in [-0.1, -0.05) is 13.3 Å². The molecule has 9 fully saturated rings. The Labute approximate surface area is 161 Å². The molecule has 11 atom stereocenters. The molecule has 0 amide bonds. The van der Waals surface area contributed by atoms with Gasteiger partial charge in [-0.3, -0.25) is 0 Å². The van der Waals surface area contributed by atoms with E-state index >= 15 is 0 Å². The standard InChI is InChI=1S/C22H33NO4/c1-19-5-3-6-21-13(19)11-15(27-18(21)23-8-9-26-17(19)23)22-7-4-12(10-14(21)22)20(2,25)16(22)24/h12-18,24-25H,3-11H2,1-2H3/t12-,13+,14-,15+,16-,17-,18+,19+,20+,21-,22+/m0/s1. The van der Waals surface area contributed by atoms with Gasteiger partial charge in [0.25, 0.3) is 0 Å². The zero-order chi connectivity index (χ0) is 18.4. The number of aliphatic hydroxyl groups excluding tert-OH is 1. The van der Waals surface area contributed by atoms with Gasteiger partial charge in [0.15, 0.2) is 0 Å². The quantitative estimate of drug-likeness (QED) is 0.679. The van der Waals surface area contributed by atoms with Gasteiger partial charge in [0.2, 0.25) is 0 Å². The second-order valence-corrected chi connectivity index (χ2v) is 11.5. The molecule has 0 aromatic carbocycles. The van der Waals surface area contributed by atoms with Gasteiger partial charge in [-0.05, 0) is 63.2 Å². The fraction of sp³-hybridized carbons (Fsp3) is 1.00. The van der Waals surface area contributed by atoms with E-state index in [4.69, 9.17) is 9.47 Å². The summed E-state index contributed by atoms with van der Waals surface area (Å²) in [6.07, 6.45) is 7.73. The second kappa shape index (κ2) is 4.59. The Morgan fingerprint density at radius 2 is 1.85 bits per heavy atom. The number of aliphatic hydroxyl groups is 2. The molecule has 7 bridgehead atoms. The van der Waals surface area contributed by atoms with Crippen LogP contribution in [0.15, 0.2) is 0 Å². The lowest BCUT2D eigenvalue weighted by Crippen LogP contribution is -2.85. The third kappa shape index (κ3) is 1.47. The third-order valence-corrected chi connectivity index (χ3v) is 11.0. The number of hydrogen-bond acceptors (Lipinski definition) is 5. The van der Waals surface area contributed by atoms with Crippen LogP contribution in [-0.4, -0.2) is 58.5 Å². The van der Waals surface area contributed by atoms with Crippen LogP contribution in [0.2, 0.25) is 0 Å². The molecule has 150 valence electrons. The van der Waals surface area contributed by atoms with Crippen LogP contribution < -0.4 is 0 Å². The third-order valence-electron chi connectivity index (χ3n) is 11.0. The Balaban J connectivity index is 1.44. The summed E-state index contributed by atoms with van der Waals surface area (Å²) in [7, 11) is 0. The summed E-state index contributed by atoms with van der Waals surface area (Å²) >= 11 is 0. The van der Waals surface area contributed by atoms with Crippen molar-refractivity contribution in [1.29, 1.82) is 0 Å². The molecule has 4 saturated heterocycles. The molecule has 5 saturated carbocycles. The van der Waals surface area contributed by atoms with E-state index < -0.39 is 11.7 Å². The van der Waals surface area contributed by atoms with Crippen molar-refractivity contribution in [2.24, 2.45) is 34.0 Å². The Bertz CT molecular complexity index is 712. The summed E-state index contributed by atoms with van der Waals surface area (Å²) in [5.41, 5.74) is -0.851. The Morgan fingerprint density at radius 1 is 1.00 bits per heavy atom. The fourth-order valence-corrected chi connectivity index (χ4v) is 10.1. The molecule has 4 aliphatic heterocycles. The summed E-state index contributed by atoms with van der Waals surface area (Å²) in [6, 6.07) is 0. The number of nitrogens with zero attached hydrogens (tertiary/aromatic N) is 1. The van der Waals surface area contributed by atoms with Crippen LogP contribution in [0.4, 0.5) is 0 Å². The van der Waals surface area contributed by atoms with E-state index in [0.29, 0.717) is 11.8 Å². The van der Waals surface area contributed by atoms with Crippen molar-refractivity contribution in [2.45, 2.75) is 89.1 Å². The summed E-state index contributed by atoms with van der Waals surface area (Å²) in [4.78, 5) is 2.56. The number of piperidine rings is 1. The first-order chi connectivity index (χ1) is 12.9. The topological polar surface area (TPSA) is 62.2 Å². The highest BCUT2D eigenvalue weighted by Gasteiger charge is 2.82. The largest absolute Gasteiger partial charge is 0.389 e. The smallest absolute Gasteiger partial charge is 0.119 e. The van der Waals surface area contributed by atoms with E-state index in [9.17, 15) is 10.2 Å². The van der Waals surface area contributed by atoms with Gasteiger partial charge in [-0.25, -0.2) is 4.90 Å². The van der Waals surface area contributed by atoms with Crippen LogP contribution in [0.25, 0.3) is 0 Å². The average molecular weight is 376 g/mol. The molecule has 2 spiro atoms. The SMILES string of the molecule is C[C@@]1(O)[C@H]2CC[C@]3([C@@H](C2)[C@@]24CCC[C@@]5(C)[C@@H]6OCCN6[C@@H]2O[C@@H]3C[C@H]54)[C@H]1O. The van der Waals surface area contributed by atoms with Crippen LogP contribution in [0, 0.1) is 34.0 Å². The van der Waals surface area contributed by atoms with E-state index in [-0.39, 0.29) is 40.7 Å². The maximum atomic E-state index is 11.5. The van der Waals surface area contributed by atoms with Crippen molar-refractivity contribution in [2.75, 3.05) is 13.2 Å². The molecule has 5 aliphatic carbocycles. The molecule has 0 aromatic heterocycles. The summed E-state index contributed by atoms with van der Waals surface area (Å²) in [5.74, 6) is 1.35. The monoisotopic (exact) mass is 375 g/mol. The van der Waals surface area contributed by atoms with Gasteiger partial charge >= 0.3 is 0 Å². The lowest BCUT2D eigenvalue weighted by Gasteiger charge is -2.81. The van der Waals surface area contributed by atoms with E-state index in [1.54, 1.807) is 0 Å². The number of ether oxygens (including phenoxy) is 2. The lowest BCUT2D eigenvalue weighted by atomic mass is 9.31. The van der Waals surface area contributed by atoms with Crippen molar-refractivity contribution in [3.8, 4) is 0 Å². The molecule has 0 unspecified atom stereocenters. The summed E-state index contributed by atoms with van der Waals surface area (Å²) in [6.45, 7) is 6.17. The van der Waals surface area contributed by atoms with E-state index in [0.717, 1.165) is 38.8 Å². The Hall–Kier alpha value is -0.200. The number of fused-ring (bicyclic) bond motifs is 4. The van der Waals surface area contributed by atoms with Gasteiger partial charge in [0, 0.05) is 22.8 Å². The predicted octanol–water partition coefficient (Wildman–Crippen LogP) is 2.11. The molecular formula is C22H33NO4. The van der Waals surface area contributed by atoms with Crippen LogP contribution in [0.1, 0.15) is 58.8 Å². The highest BCUT2D eigenvalue weighted by molar-refractivity contribution is 5.28. The summed E-state index contributed by atoms with van der Waals surface area (Å²) < 4.78 is 13.2. The minimum absolute atomic E-state index is 0.0843. The molecular weight excluding hydrogens is 342 g/mol. The van der Waals surface area contributed by atoms with Gasteiger partial charge in [0.05, 0.1) is 24.4 Å². The molecule has 5 nitrogen and oxygen atoms in total. The molecule has 4 heterocycles. The molecule has 2 N–H and O–H groups in total. The first-order valence-electron chi connectivity index (χ1n) is 11.3. The number of rotatable bonds is 0. The molecule has 0 radical (unpaired) electrons. The van der Waals surface area contributed by atoms with Crippen molar-refractivity contribution in [3.63, 3.8) is 0 Å². The van der Waals surface area contributed by atoms with Crippen LogP contribution in [0.5, 0.6) is 0 Å². The van der Waals surface area contributed by atoms with Gasteiger partial charge < -0.3 is 19.7 Å². The first-order valence-corrected chi connectivity index (χ1v) is 11.3. The van der Waals surface area contributed by atoms with Crippen molar-refractivity contribution in [3.05, 3.63) is 0 Å². The Kier molecular flexibility index (Phi) is 2.82. The van der Waals surface area contributed by atoms with E-state index in [1.165, 1.54) is 19.3 Å². The van der Waals surface area contributed by atoms with Gasteiger partial charge in [-0.15, -0.1) is 0 Å². The molecule has 27 heavy (non-hydrogen) atoms. The zero-order valence-corrected chi connectivity index (χ0v) is 16.6. The second-order valence-electron chi connectivity index (χ2n) is 11.5. The highest BCUT2D eigenvalue weighted by atomic mass is 16.6. The predicted molar refractivity (Wildman–Crippen MR) is 97.5 cm³/mol. The normalized spacial score (nSPS) is 68.7. The van der Waals surface area contributed by atoms with E-state index in [1.807, 2.05) is 6.92 Å². The zero-order valence-electron chi connectivity index (χ0n) is 16.6. The molecule has 9 rings (SSSR count). The van der Waals surface area contributed by atoms with Crippen molar-refractivity contribution < 1.29 is 19.7 Å². The first kappa shape index (κ1) is 16.6. The van der Waals surface area contributed by atoms with Crippen molar-refractivity contribution >= 4 is 0 Å². The fourth-order valence-electron chi connectivity index (χ4n) is 10.1. The van der Waals surface area contributed by atoms with Gasteiger partial charge in [-0.2, -0.15) is 0 Å². The van der Waals surface area contributed by atoms with Crippen molar-refractivity contribution in [1.82, 2.24) is 4.90 Å². The average Bonchev–Trinajstić information content (AvgIpc) is 3.14. The Morgan fingerprint density at radius 3 is 2.70 bits per heavy atom. The lowest BCUT2D eigenvalue weighted by molar-refractivity contribution is -0.439. The van der Waals surface area contributed by atoms with E-state index in [2.05, 4.69) is 11.8 Å². The highest BCUT2D eigenvalue weighted by Crippen LogP contribution is 2.79. The minimum Gasteiger partial charge on any atom is -0.389 e. The number of hydrogen-bond donors (Lipinski definition) is 2. The molecule has 5 heteroatoms. The van der Waals surface area contributed by atoms with Crippen LogP contribution in [-0.2, 0) is 9.47 Å². The maximum absolute atomic E-state index is 11.5. The molecule has 0 aromatic rings. The summed E-state index contributed by atoms with van der Waals surface area (Å²) in [5, 5.41) is 22.7. The van der Waals surface area contributed by atoms with Crippen LogP contribution in [0.3, 0.4) is 0 Å². The molecule has 9 aliphatic rings. The minimum atomic E-state index is -0.960.